The minimum atomic E-state index is 0.697. The third-order valence-electron chi connectivity index (χ3n) is 3.43. The highest BCUT2D eigenvalue weighted by Gasteiger charge is 2.09. The average Bonchev–Trinajstić information content (AvgIpc) is 2.96. The summed E-state index contributed by atoms with van der Waals surface area (Å²) in [6.07, 6.45) is 3.98. The predicted molar refractivity (Wildman–Crippen MR) is 83.3 cm³/mol. The van der Waals surface area contributed by atoms with Crippen LogP contribution in [0.4, 0.5) is 5.69 Å². The summed E-state index contributed by atoms with van der Waals surface area (Å²) in [4.78, 5) is 4.65. The number of methoxy groups -OCH3 is 2. The van der Waals surface area contributed by atoms with Crippen LogP contribution in [-0.4, -0.2) is 30.7 Å². The van der Waals surface area contributed by atoms with Gasteiger partial charge in [-0.1, -0.05) is 0 Å². The van der Waals surface area contributed by atoms with Gasteiger partial charge in [0.1, 0.15) is 5.65 Å². The first-order valence-electron chi connectivity index (χ1n) is 6.64. The van der Waals surface area contributed by atoms with E-state index in [-0.39, 0.29) is 0 Å². The van der Waals surface area contributed by atoms with Gasteiger partial charge in [0.2, 0.25) is 0 Å². The summed E-state index contributed by atoms with van der Waals surface area (Å²) in [5, 5.41) is 3.11. The van der Waals surface area contributed by atoms with Crippen molar-refractivity contribution in [2.24, 2.45) is 0 Å². The Hall–Kier alpha value is -2.69. The summed E-state index contributed by atoms with van der Waals surface area (Å²) in [6, 6.07) is 9.80. The molecule has 3 rings (SSSR count). The summed E-state index contributed by atoms with van der Waals surface area (Å²) in [7, 11) is 5.15. The molecule has 5 heteroatoms. The van der Waals surface area contributed by atoms with Gasteiger partial charge >= 0.3 is 0 Å². The molecule has 0 unspecified atom stereocenters. The van der Waals surface area contributed by atoms with Crippen molar-refractivity contribution in [2.75, 3.05) is 26.6 Å². The van der Waals surface area contributed by atoms with Crippen molar-refractivity contribution in [1.82, 2.24) is 9.38 Å². The molecule has 0 saturated carbocycles. The van der Waals surface area contributed by atoms with E-state index in [0.717, 1.165) is 22.6 Å². The lowest BCUT2D eigenvalue weighted by Crippen LogP contribution is -1.90. The number of imidazole rings is 1. The Bertz CT molecular complexity index is 780. The number of hydrogen-bond donors (Lipinski definition) is 1. The fourth-order valence-electron chi connectivity index (χ4n) is 2.27. The second-order valence-electron chi connectivity index (χ2n) is 4.63. The summed E-state index contributed by atoms with van der Waals surface area (Å²) in [6.45, 7) is 0. The van der Waals surface area contributed by atoms with Crippen LogP contribution in [0.15, 0.2) is 42.7 Å². The fraction of sp³-hybridized carbons (Fsp3) is 0.188. The summed E-state index contributed by atoms with van der Waals surface area (Å²) < 4.78 is 12.6. The standard InChI is InChI=1S/C16H17N3O2/c1-17-12-6-7-19-10-13(18-16(19)9-12)11-4-5-14(20-2)15(8-11)21-3/h4-10,17H,1-3H3. The second-order valence-corrected chi connectivity index (χ2v) is 4.63. The number of nitrogens with one attached hydrogen (secondary N) is 1. The van der Waals surface area contributed by atoms with Crippen LogP contribution in [0.25, 0.3) is 16.9 Å². The molecule has 0 aliphatic carbocycles. The molecule has 0 atom stereocenters. The third-order valence-corrected chi connectivity index (χ3v) is 3.43. The highest BCUT2D eigenvalue weighted by molar-refractivity contribution is 5.67. The van der Waals surface area contributed by atoms with Crippen LogP contribution >= 0.6 is 0 Å². The van der Waals surface area contributed by atoms with Crippen LogP contribution in [0.5, 0.6) is 11.5 Å². The van der Waals surface area contributed by atoms with Crippen LogP contribution in [0.1, 0.15) is 0 Å². The van der Waals surface area contributed by atoms with E-state index >= 15 is 0 Å². The molecule has 0 fully saturated rings. The smallest absolute Gasteiger partial charge is 0.161 e. The zero-order chi connectivity index (χ0) is 14.8. The molecule has 0 aliphatic rings. The number of nitrogens with zero attached hydrogens (tertiary/aromatic N) is 2. The predicted octanol–water partition coefficient (Wildman–Crippen LogP) is 3.06. The Morgan fingerprint density at radius 3 is 2.57 bits per heavy atom. The molecule has 0 radical (unpaired) electrons. The molecule has 0 spiro atoms. The lowest BCUT2D eigenvalue weighted by molar-refractivity contribution is 0.355. The van der Waals surface area contributed by atoms with Crippen LogP contribution < -0.4 is 14.8 Å². The molecule has 0 amide bonds. The van der Waals surface area contributed by atoms with Crippen LogP contribution in [0.3, 0.4) is 0 Å². The lowest BCUT2D eigenvalue weighted by Gasteiger charge is -2.08. The number of rotatable bonds is 4. The van der Waals surface area contributed by atoms with E-state index < -0.39 is 0 Å². The topological polar surface area (TPSA) is 47.8 Å². The van der Waals surface area contributed by atoms with Crippen LogP contribution in [0, 0.1) is 0 Å². The van der Waals surface area contributed by atoms with Crippen molar-refractivity contribution in [2.45, 2.75) is 0 Å². The largest absolute Gasteiger partial charge is 0.493 e. The van der Waals surface area contributed by atoms with E-state index in [1.165, 1.54) is 0 Å². The van der Waals surface area contributed by atoms with Gasteiger partial charge in [-0.15, -0.1) is 0 Å². The van der Waals surface area contributed by atoms with Gasteiger partial charge in [-0.2, -0.15) is 0 Å². The summed E-state index contributed by atoms with van der Waals surface area (Å²) in [5.41, 5.74) is 3.81. The lowest BCUT2D eigenvalue weighted by atomic mass is 10.1. The van der Waals surface area contributed by atoms with Gasteiger partial charge in [-0.3, -0.25) is 0 Å². The number of aromatic nitrogens is 2. The van der Waals surface area contributed by atoms with E-state index in [1.807, 2.05) is 54.2 Å². The van der Waals surface area contributed by atoms with Gasteiger partial charge in [-0.25, -0.2) is 4.98 Å². The first-order valence-corrected chi connectivity index (χ1v) is 6.64. The number of fused-ring (bicyclic) bond motifs is 1. The summed E-state index contributed by atoms with van der Waals surface area (Å²) >= 11 is 0. The monoisotopic (exact) mass is 283 g/mol. The van der Waals surface area contributed by atoms with Gasteiger partial charge in [0, 0.05) is 36.8 Å². The first-order chi connectivity index (χ1) is 10.2. The number of anilines is 1. The van der Waals surface area contributed by atoms with Crippen molar-refractivity contribution in [3.05, 3.63) is 42.7 Å². The minimum absolute atomic E-state index is 0.697. The Labute approximate surface area is 123 Å². The maximum Gasteiger partial charge on any atom is 0.161 e. The summed E-state index contributed by atoms with van der Waals surface area (Å²) in [5.74, 6) is 1.41. The zero-order valence-electron chi connectivity index (χ0n) is 12.3. The third kappa shape index (κ3) is 2.38. The number of ether oxygens (including phenoxy) is 2. The van der Waals surface area contributed by atoms with Crippen molar-refractivity contribution in [1.29, 1.82) is 0 Å². The van der Waals surface area contributed by atoms with Crippen LogP contribution in [0.2, 0.25) is 0 Å². The maximum atomic E-state index is 5.34. The van der Waals surface area contributed by atoms with Crippen molar-refractivity contribution >= 4 is 11.3 Å². The molecule has 0 aliphatic heterocycles. The Morgan fingerprint density at radius 1 is 1.05 bits per heavy atom. The highest BCUT2D eigenvalue weighted by atomic mass is 16.5. The first kappa shape index (κ1) is 13.3. The van der Waals surface area contributed by atoms with Gasteiger partial charge < -0.3 is 19.2 Å². The quantitative estimate of drug-likeness (QED) is 0.799. The van der Waals surface area contributed by atoms with Gasteiger partial charge in [0.25, 0.3) is 0 Å². The normalized spacial score (nSPS) is 10.6. The highest BCUT2D eigenvalue weighted by Crippen LogP contribution is 2.32. The molecule has 1 aromatic carbocycles. The Balaban J connectivity index is 2.07. The van der Waals surface area contributed by atoms with Crippen LogP contribution in [-0.2, 0) is 0 Å². The average molecular weight is 283 g/mol. The van der Waals surface area contributed by atoms with E-state index in [4.69, 9.17) is 9.47 Å². The van der Waals surface area contributed by atoms with Gasteiger partial charge in [0.15, 0.2) is 11.5 Å². The van der Waals surface area contributed by atoms with E-state index in [1.54, 1.807) is 14.2 Å². The zero-order valence-corrected chi connectivity index (χ0v) is 12.3. The Morgan fingerprint density at radius 2 is 1.86 bits per heavy atom. The molecule has 0 saturated heterocycles. The van der Waals surface area contributed by atoms with Crippen molar-refractivity contribution in [3.8, 4) is 22.8 Å². The minimum Gasteiger partial charge on any atom is -0.493 e. The molecule has 2 aromatic heterocycles. The SMILES string of the molecule is CNc1ccn2cc(-c3ccc(OC)c(OC)c3)nc2c1. The molecule has 5 nitrogen and oxygen atoms in total. The van der Waals surface area contributed by atoms with E-state index in [0.29, 0.717) is 11.5 Å². The van der Waals surface area contributed by atoms with Gasteiger partial charge in [-0.05, 0) is 24.3 Å². The molecule has 3 aromatic rings. The fourth-order valence-corrected chi connectivity index (χ4v) is 2.27. The Kier molecular flexibility index (Phi) is 3.39. The molecule has 1 N–H and O–H groups in total. The van der Waals surface area contributed by atoms with Crippen molar-refractivity contribution in [3.63, 3.8) is 0 Å². The maximum absolute atomic E-state index is 5.34. The molecule has 21 heavy (non-hydrogen) atoms. The molecule has 2 heterocycles. The van der Waals surface area contributed by atoms with E-state index in [2.05, 4.69) is 10.3 Å². The van der Waals surface area contributed by atoms with Crippen molar-refractivity contribution < 1.29 is 9.47 Å². The molecule has 108 valence electrons. The molecule has 0 bridgehead atoms. The number of benzene rings is 1. The number of pyridine rings is 1. The number of hydrogen-bond acceptors (Lipinski definition) is 4. The molecular formula is C16H17N3O2. The second kappa shape index (κ2) is 5.36. The van der Waals surface area contributed by atoms with E-state index in [9.17, 15) is 0 Å². The van der Waals surface area contributed by atoms with Gasteiger partial charge in [0.05, 0.1) is 19.9 Å². The molecular weight excluding hydrogens is 266 g/mol.